The molecule has 17 heavy (non-hydrogen) atoms. The lowest BCUT2D eigenvalue weighted by Gasteiger charge is -2.17. The highest BCUT2D eigenvalue weighted by Crippen LogP contribution is 2.21. The second-order valence-electron chi connectivity index (χ2n) is 3.37. The quantitative estimate of drug-likeness (QED) is 0.905. The number of anilines is 3. The van der Waals surface area contributed by atoms with Crippen LogP contribution in [0.5, 0.6) is 0 Å². The fraction of sp³-hybridized carbons (Fsp3) is 0.182. The summed E-state index contributed by atoms with van der Waals surface area (Å²) in [6.45, 7) is 0. The first-order valence-corrected chi connectivity index (χ1v) is 5.46. The minimum atomic E-state index is 0.169. The van der Waals surface area contributed by atoms with Gasteiger partial charge in [-0.3, -0.25) is 0 Å². The van der Waals surface area contributed by atoms with Crippen molar-refractivity contribution in [2.24, 2.45) is 0 Å². The molecule has 88 valence electrons. The molecule has 0 saturated carbocycles. The zero-order valence-electron chi connectivity index (χ0n) is 9.55. The van der Waals surface area contributed by atoms with Gasteiger partial charge in [0.2, 0.25) is 17.2 Å². The van der Waals surface area contributed by atoms with Gasteiger partial charge in [-0.2, -0.15) is 15.0 Å². The van der Waals surface area contributed by atoms with Gasteiger partial charge in [-0.25, -0.2) is 0 Å². The zero-order chi connectivity index (χ0) is 12.3. The van der Waals surface area contributed by atoms with Crippen molar-refractivity contribution < 1.29 is 0 Å². The lowest BCUT2D eigenvalue weighted by molar-refractivity contribution is 0.987. The molecule has 0 aliphatic heterocycles. The Bertz CT molecular complexity index is 502. The first-order chi connectivity index (χ1) is 8.20. The minimum absolute atomic E-state index is 0.169. The van der Waals surface area contributed by atoms with E-state index >= 15 is 0 Å². The molecule has 0 unspecified atom stereocenters. The Balaban J connectivity index is 2.37. The number of para-hydroxylation sites is 1. The van der Waals surface area contributed by atoms with E-state index in [4.69, 9.17) is 11.6 Å². The highest BCUT2D eigenvalue weighted by atomic mass is 35.5. The SMILES string of the molecule is CNc1nc(Cl)nc(N(C)c2ccccc2)n1. The van der Waals surface area contributed by atoms with Gasteiger partial charge in [0, 0.05) is 19.8 Å². The summed E-state index contributed by atoms with van der Waals surface area (Å²) in [5.74, 6) is 0.948. The zero-order valence-corrected chi connectivity index (χ0v) is 10.3. The van der Waals surface area contributed by atoms with Gasteiger partial charge in [0.05, 0.1) is 0 Å². The standard InChI is InChI=1S/C11H12ClN5/c1-13-10-14-9(12)15-11(16-10)17(2)8-6-4-3-5-7-8/h3-7H,1-2H3,(H,13,14,15,16). The third-order valence-electron chi connectivity index (χ3n) is 2.26. The number of hydrogen-bond donors (Lipinski definition) is 1. The predicted octanol–water partition coefficient (Wildman–Crippen LogP) is 2.33. The van der Waals surface area contributed by atoms with Crippen LogP contribution in [-0.2, 0) is 0 Å². The molecule has 0 spiro atoms. The van der Waals surface area contributed by atoms with Crippen LogP contribution in [0.2, 0.25) is 5.28 Å². The van der Waals surface area contributed by atoms with Crippen molar-refractivity contribution in [3.05, 3.63) is 35.6 Å². The van der Waals surface area contributed by atoms with Crippen molar-refractivity contribution >= 4 is 29.2 Å². The molecule has 5 nitrogen and oxygen atoms in total. The maximum Gasteiger partial charge on any atom is 0.235 e. The second-order valence-corrected chi connectivity index (χ2v) is 3.71. The van der Waals surface area contributed by atoms with Crippen LogP contribution in [0.15, 0.2) is 30.3 Å². The molecule has 0 atom stereocenters. The van der Waals surface area contributed by atoms with Crippen molar-refractivity contribution in [2.75, 3.05) is 24.3 Å². The predicted molar refractivity (Wildman–Crippen MR) is 68.9 cm³/mol. The Morgan fingerprint density at radius 1 is 1.12 bits per heavy atom. The molecule has 0 fully saturated rings. The van der Waals surface area contributed by atoms with Crippen LogP contribution in [0.4, 0.5) is 17.6 Å². The van der Waals surface area contributed by atoms with E-state index in [9.17, 15) is 0 Å². The highest BCUT2D eigenvalue weighted by molar-refractivity contribution is 6.28. The Hall–Kier alpha value is -1.88. The second kappa shape index (κ2) is 4.97. The fourth-order valence-electron chi connectivity index (χ4n) is 1.37. The molecule has 6 heteroatoms. The Morgan fingerprint density at radius 2 is 1.82 bits per heavy atom. The van der Waals surface area contributed by atoms with Crippen molar-refractivity contribution in [3.8, 4) is 0 Å². The van der Waals surface area contributed by atoms with Gasteiger partial charge in [0.1, 0.15) is 0 Å². The van der Waals surface area contributed by atoms with Crippen LogP contribution < -0.4 is 10.2 Å². The van der Waals surface area contributed by atoms with E-state index in [1.807, 2.05) is 42.3 Å². The first-order valence-electron chi connectivity index (χ1n) is 5.09. The van der Waals surface area contributed by atoms with Crippen molar-refractivity contribution in [1.82, 2.24) is 15.0 Å². The molecule has 0 aliphatic rings. The van der Waals surface area contributed by atoms with E-state index in [0.717, 1.165) is 5.69 Å². The molecule has 2 rings (SSSR count). The van der Waals surface area contributed by atoms with E-state index in [0.29, 0.717) is 11.9 Å². The average molecular weight is 250 g/mol. The van der Waals surface area contributed by atoms with Crippen LogP contribution in [0.1, 0.15) is 0 Å². The summed E-state index contributed by atoms with van der Waals surface area (Å²) in [7, 11) is 3.61. The molecule has 1 heterocycles. The van der Waals surface area contributed by atoms with Gasteiger partial charge in [0.25, 0.3) is 0 Å². The largest absolute Gasteiger partial charge is 0.357 e. The first kappa shape index (κ1) is 11.6. The highest BCUT2D eigenvalue weighted by Gasteiger charge is 2.09. The van der Waals surface area contributed by atoms with Crippen LogP contribution in [0.25, 0.3) is 0 Å². The maximum absolute atomic E-state index is 5.83. The smallest absolute Gasteiger partial charge is 0.235 e. The minimum Gasteiger partial charge on any atom is -0.357 e. The Kier molecular flexibility index (Phi) is 3.39. The Morgan fingerprint density at radius 3 is 2.47 bits per heavy atom. The van der Waals surface area contributed by atoms with E-state index < -0.39 is 0 Å². The Labute approximate surface area is 104 Å². The van der Waals surface area contributed by atoms with E-state index in [1.54, 1.807) is 7.05 Å². The third kappa shape index (κ3) is 2.62. The maximum atomic E-state index is 5.83. The van der Waals surface area contributed by atoms with E-state index in [-0.39, 0.29) is 5.28 Å². The number of aromatic nitrogens is 3. The van der Waals surface area contributed by atoms with Gasteiger partial charge >= 0.3 is 0 Å². The number of benzene rings is 1. The average Bonchev–Trinajstić information content (AvgIpc) is 2.38. The summed E-state index contributed by atoms with van der Waals surface area (Å²) in [6.07, 6.45) is 0. The number of rotatable bonds is 3. The van der Waals surface area contributed by atoms with E-state index in [2.05, 4.69) is 20.3 Å². The number of nitrogens with zero attached hydrogens (tertiary/aromatic N) is 4. The van der Waals surface area contributed by atoms with Crippen LogP contribution in [-0.4, -0.2) is 29.0 Å². The van der Waals surface area contributed by atoms with E-state index in [1.165, 1.54) is 0 Å². The van der Waals surface area contributed by atoms with Gasteiger partial charge in [-0.15, -0.1) is 0 Å². The fourth-order valence-corrected chi connectivity index (χ4v) is 1.52. The third-order valence-corrected chi connectivity index (χ3v) is 2.43. The summed E-state index contributed by atoms with van der Waals surface area (Å²) in [6, 6.07) is 9.80. The molecule has 0 amide bonds. The molecule has 0 saturated heterocycles. The lowest BCUT2D eigenvalue weighted by Crippen LogP contribution is -2.14. The topological polar surface area (TPSA) is 53.9 Å². The lowest BCUT2D eigenvalue weighted by atomic mass is 10.3. The van der Waals surface area contributed by atoms with Crippen molar-refractivity contribution in [2.45, 2.75) is 0 Å². The molecule has 0 radical (unpaired) electrons. The summed E-state index contributed by atoms with van der Waals surface area (Å²) >= 11 is 5.83. The monoisotopic (exact) mass is 249 g/mol. The molecule has 1 aromatic heterocycles. The number of halogens is 1. The molecule has 0 aliphatic carbocycles. The van der Waals surface area contributed by atoms with Crippen molar-refractivity contribution in [1.29, 1.82) is 0 Å². The molecule has 1 aromatic carbocycles. The normalized spacial score (nSPS) is 10.1. The van der Waals surface area contributed by atoms with Crippen molar-refractivity contribution in [3.63, 3.8) is 0 Å². The number of hydrogen-bond acceptors (Lipinski definition) is 5. The summed E-state index contributed by atoms with van der Waals surface area (Å²) in [5, 5.41) is 3.01. The van der Waals surface area contributed by atoms with Crippen LogP contribution in [0.3, 0.4) is 0 Å². The number of nitrogens with one attached hydrogen (secondary N) is 1. The van der Waals surface area contributed by atoms with Gasteiger partial charge < -0.3 is 10.2 Å². The molecule has 1 N–H and O–H groups in total. The molecular weight excluding hydrogens is 238 g/mol. The van der Waals surface area contributed by atoms with Gasteiger partial charge in [-0.1, -0.05) is 18.2 Å². The summed E-state index contributed by atoms with van der Waals surface area (Å²) < 4.78 is 0. The molecular formula is C11H12ClN5. The molecule has 2 aromatic rings. The van der Waals surface area contributed by atoms with Crippen LogP contribution >= 0.6 is 11.6 Å². The van der Waals surface area contributed by atoms with Gasteiger partial charge in [-0.05, 0) is 23.7 Å². The molecule has 0 bridgehead atoms. The van der Waals surface area contributed by atoms with Gasteiger partial charge in [0.15, 0.2) is 0 Å². The summed E-state index contributed by atoms with van der Waals surface area (Å²) in [4.78, 5) is 14.1. The van der Waals surface area contributed by atoms with Crippen LogP contribution in [0, 0.1) is 0 Å². The summed E-state index contributed by atoms with van der Waals surface area (Å²) in [5.41, 5.74) is 0.983.